The summed E-state index contributed by atoms with van der Waals surface area (Å²) in [6.07, 6.45) is 4.41. The van der Waals surface area contributed by atoms with Crippen LogP contribution in [0.25, 0.3) is 17.0 Å². The van der Waals surface area contributed by atoms with Crippen molar-refractivity contribution in [3.05, 3.63) is 70.5 Å². The number of aromatic nitrogens is 1. The van der Waals surface area contributed by atoms with Crippen LogP contribution in [-0.2, 0) is 20.9 Å². The molecule has 7 nitrogen and oxygen atoms in total. The van der Waals surface area contributed by atoms with Gasteiger partial charge in [0, 0.05) is 47.4 Å². The first kappa shape index (κ1) is 23.2. The van der Waals surface area contributed by atoms with E-state index in [9.17, 15) is 9.59 Å². The molecule has 3 aromatic rings. The zero-order valence-electron chi connectivity index (χ0n) is 18.0. The zero-order valence-corrected chi connectivity index (χ0v) is 20.4. The summed E-state index contributed by atoms with van der Waals surface area (Å²) in [6.45, 7) is 1.32. The summed E-state index contributed by atoms with van der Waals surface area (Å²) in [6, 6.07) is 15.1. The van der Waals surface area contributed by atoms with Gasteiger partial charge in [-0.1, -0.05) is 34.1 Å². The number of amides is 2. The van der Waals surface area contributed by atoms with Crippen molar-refractivity contribution in [2.24, 2.45) is 0 Å². The second-order valence-corrected chi connectivity index (χ2v) is 8.84. The molecular formula is C24H23BrN4O3S. The lowest BCUT2D eigenvalue weighted by Crippen LogP contribution is -2.30. The highest BCUT2D eigenvalue weighted by Gasteiger charge is 2.32. The summed E-state index contributed by atoms with van der Waals surface area (Å²) in [7, 11) is 1.64. The fourth-order valence-electron chi connectivity index (χ4n) is 3.70. The van der Waals surface area contributed by atoms with Crippen LogP contribution in [0.3, 0.4) is 0 Å². The third-order valence-electron chi connectivity index (χ3n) is 5.23. The molecule has 0 radical (unpaired) electrons. The van der Waals surface area contributed by atoms with Gasteiger partial charge < -0.3 is 19.9 Å². The third-order valence-corrected chi connectivity index (χ3v) is 6.01. The van der Waals surface area contributed by atoms with Gasteiger partial charge in [0.1, 0.15) is 12.2 Å². The second kappa shape index (κ2) is 10.3. The van der Waals surface area contributed by atoms with E-state index in [2.05, 4.69) is 26.6 Å². The largest absolute Gasteiger partial charge is 0.385 e. The highest BCUT2D eigenvalue weighted by atomic mass is 79.9. The molecule has 1 aliphatic heterocycles. The number of ether oxygens (including phenoxy) is 1. The monoisotopic (exact) mass is 526 g/mol. The number of thiocarbonyl (C=S) groups is 1. The first-order valence-corrected chi connectivity index (χ1v) is 11.6. The van der Waals surface area contributed by atoms with E-state index in [-0.39, 0.29) is 18.4 Å². The molecule has 2 amide bonds. The lowest BCUT2D eigenvalue weighted by atomic mass is 10.1. The summed E-state index contributed by atoms with van der Waals surface area (Å²) in [5.41, 5.74) is 2.79. The Morgan fingerprint density at radius 3 is 2.79 bits per heavy atom. The lowest BCUT2D eigenvalue weighted by molar-refractivity contribution is -0.121. The van der Waals surface area contributed by atoms with Crippen molar-refractivity contribution < 1.29 is 14.3 Å². The van der Waals surface area contributed by atoms with E-state index in [0.717, 1.165) is 27.4 Å². The van der Waals surface area contributed by atoms with Crippen LogP contribution >= 0.6 is 28.1 Å². The summed E-state index contributed by atoms with van der Waals surface area (Å²) < 4.78 is 7.80. The molecular weight excluding hydrogens is 504 g/mol. The highest BCUT2D eigenvalue weighted by molar-refractivity contribution is 9.10. The molecule has 0 spiro atoms. The first-order valence-electron chi connectivity index (χ1n) is 10.4. The number of methoxy groups -OCH3 is 1. The molecule has 170 valence electrons. The SMILES string of the molecule is COCCCNC(=O)Cn1cc(/C=C2\NC(=S)N(c3ccccc3)C2=O)c2cc(Br)ccc21. The standard InChI is InChI=1S/C24H23BrN4O3S/c1-32-11-5-10-26-22(30)15-28-14-16(19-13-17(25)8-9-21(19)28)12-20-23(31)29(24(33)27-20)18-6-3-2-4-7-18/h2-4,6-9,12-14H,5,10-11,15H2,1H3,(H,26,30)(H,27,33)/b20-12-. The third kappa shape index (κ3) is 5.16. The van der Waals surface area contributed by atoms with Gasteiger partial charge in [-0.25, -0.2) is 0 Å². The molecule has 1 aromatic heterocycles. The molecule has 0 unspecified atom stereocenters. The van der Waals surface area contributed by atoms with E-state index in [4.69, 9.17) is 17.0 Å². The van der Waals surface area contributed by atoms with Crippen LogP contribution in [0.1, 0.15) is 12.0 Å². The minimum Gasteiger partial charge on any atom is -0.385 e. The summed E-state index contributed by atoms with van der Waals surface area (Å²) in [5, 5.41) is 7.18. The van der Waals surface area contributed by atoms with Crippen molar-refractivity contribution in [2.45, 2.75) is 13.0 Å². The van der Waals surface area contributed by atoms with Crippen molar-refractivity contribution in [3.63, 3.8) is 0 Å². The predicted molar refractivity (Wildman–Crippen MR) is 137 cm³/mol. The van der Waals surface area contributed by atoms with Crippen LogP contribution in [0.4, 0.5) is 5.69 Å². The quantitative estimate of drug-likeness (QED) is 0.265. The summed E-state index contributed by atoms with van der Waals surface area (Å²) >= 11 is 8.93. The minimum absolute atomic E-state index is 0.0865. The molecule has 0 bridgehead atoms. The number of nitrogens with one attached hydrogen (secondary N) is 2. The number of fused-ring (bicyclic) bond motifs is 1. The molecule has 33 heavy (non-hydrogen) atoms. The predicted octanol–water partition coefficient (Wildman–Crippen LogP) is 3.82. The number of hydrogen-bond donors (Lipinski definition) is 2. The van der Waals surface area contributed by atoms with Crippen LogP contribution in [0.15, 0.2) is 64.9 Å². The van der Waals surface area contributed by atoms with Crippen molar-refractivity contribution in [1.29, 1.82) is 0 Å². The molecule has 2 heterocycles. The van der Waals surface area contributed by atoms with Gasteiger partial charge in [0.2, 0.25) is 5.91 Å². The zero-order chi connectivity index (χ0) is 23.4. The van der Waals surface area contributed by atoms with Gasteiger partial charge in [0.15, 0.2) is 5.11 Å². The van der Waals surface area contributed by atoms with Crippen LogP contribution in [0.2, 0.25) is 0 Å². The number of halogens is 1. The van der Waals surface area contributed by atoms with Crippen LogP contribution in [0, 0.1) is 0 Å². The smallest absolute Gasteiger partial charge is 0.281 e. The van der Waals surface area contributed by atoms with E-state index in [1.165, 1.54) is 4.90 Å². The summed E-state index contributed by atoms with van der Waals surface area (Å²) in [5.74, 6) is -0.311. The molecule has 0 saturated carbocycles. The van der Waals surface area contributed by atoms with E-state index >= 15 is 0 Å². The normalized spacial score (nSPS) is 14.8. The molecule has 2 aromatic carbocycles. The van der Waals surface area contributed by atoms with Crippen LogP contribution in [-0.4, -0.2) is 41.8 Å². The van der Waals surface area contributed by atoms with Crippen LogP contribution in [0.5, 0.6) is 0 Å². The Balaban J connectivity index is 1.62. The minimum atomic E-state index is -0.224. The Morgan fingerprint density at radius 2 is 2.03 bits per heavy atom. The van der Waals surface area contributed by atoms with E-state index in [1.54, 1.807) is 13.2 Å². The molecule has 4 rings (SSSR count). The Morgan fingerprint density at radius 1 is 1.24 bits per heavy atom. The van der Waals surface area contributed by atoms with Gasteiger partial charge in [-0.2, -0.15) is 0 Å². The number of rotatable bonds is 8. The fourth-order valence-corrected chi connectivity index (χ4v) is 4.36. The topological polar surface area (TPSA) is 75.6 Å². The number of para-hydroxylation sites is 1. The lowest BCUT2D eigenvalue weighted by Gasteiger charge is -2.13. The van der Waals surface area contributed by atoms with E-state index < -0.39 is 0 Å². The second-order valence-electron chi connectivity index (χ2n) is 7.53. The average molecular weight is 527 g/mol. The molecule has 1 fully saturated rings. The Hall–Kier alpha value is -3.01. The number of nitrogens with zero attached hydrogens (tertiary/aromatic N) is 2. The van der Waals surface area contributed by atoms with E-state index in [1.807, 2.05) is 59.3 Å². The van der Waals surface area contributed by atoms with Gasteiger partial charge >= 0.3 is 0 Å². The van der Waals surface area contributed by atoms with Crippen molar-refractivity contribution in [1.82, 2.24) is 15.2 Å². The molecule has 0 atom stereocenters. The number of benzene rings is 2. The fraction of sp³-hybridized carbons (Fsp3) is 0.208. The van der Waals surface area contributed by atoms with Crippen molar-refractivity contribution >= 4 is 67.7 Å². The Labute approximate surface area is 205 Å². The van der Waals surface area contributed by atoms with Crippen LogP contribution < -0.4 is 15.5 Å². The maximum absolute atomic E-state index is 13.1. The average Bonchev–Trinajstić information content (AvgIpc) is 3.27. The summed E-state index contributed by atoms with van der Waals surface area (Å²) in [4.78, 5) is 27.0. The van der Waals surface area contributed by atoms with Gasteiger partial charge in [0.05, 0.1) is 5.69 Å². The number of carbonyl (C=O) groups is 2. The number of hydrogen-bond acceptors (Lipinski definition) is 4. The highest BCUT2D eigenvalue weighted by Crippen LogP contribution is 2.28. The maximum Gasteiger partial charge on any atom is 0.281 e. The molecule has 1 saturated heterocycles. The molecule has 2 N–H and O–H groups in total. The number of carbonyl (C=O) groups excluding carboxylic acids is 2. The molecule has 9 heteroatoms. The van der Waals surface area contributed by atoms with Gasteiger partial charge in [-0.15, -0.1) is 0 Å². The van der Waals surface area contributed by atoms with Gasteiger partial charge in [0.25, 0.3) is 5.91 Å². The van der Waals surface area contributed by atoms with Crippen molar-refractivity contribution in [2.75, 3.05) is 25.2 Å². The van der Waals surface area contributed by atoms with Gasteiger partial charge in [-0.3, -0.25) is 14.5 Å². The maximum atomic E-state index is 13.1. The Kier molecular flexibility index (Phi) is 7.22. The Bertz CT molecular complexity index is 1240. The van der Waals surface area contributed by atoms with Gasteiger partial charge in [-0.05, 0) is 55.0 Å². The molecule has 1 aliphatic rings. The van der Waals surface area contributed by atoms with Crippen molar-refractivity contribution in [3.8, 4) is 0 Å². The first-order chi connectivity index (χ1) is 16.0. The molecule has 0 aliphatic carbocycles. The number of anilines is 1. The van der Waals surface area contributed by atoms with E-state index in [0.29, 0.717) is 29.6 Å².